The minimum Gasteiger partial charge on any atom is -0.478 e. The fourth-order valence-corrected chi connectivity index (χ4v) is 2.31. The van der Waals surface area contributed by atoms with E-state index in [1.807, 2.05) is 12.1 Å². The molecule has 4 nitrogen and oxygen atoms in total. The van der Waals surface area contributed by atoms with Gasteiger partial charge < -0.3 is 15.6 Å². The van der Waals surface area contributed by atoms with Crippen LogP contribution in [0.25, 0.3) is 0 Å². The topological polar surface area (TPSA) is 72.6 Å². The van der Waals surface area contributed by atoms with Gasteiger partial charge >= 0.3 is 5.97 Å². The van der Waals surface area contributed by atoms with Crippen molar-refractivity contribution in [3.05, 3.63) is 35.4 Å². The minimum absolute atomic E-state index is 0.216. The van der Waals surface area contributed by atoms with Crippen molar-refractivity contribution in [1.82, 2.24) is 0 Å². The fraction of sp³-hybridized carbons (Fsp3) is 0.462. The normalized spacial score (nSPS) is 18.9. The van der Waals surface area contributed by atoms with Crippen molar-refractivity contribution in [2.45, 2.75) is 18.9 Å². The molecular weight excluding hydrogens is 218 g/mol. The lowest BCUT2D eigenvalue weighted by Crippen LogP contribution is -2.28. The summed E-state index contributed by atoms with van der Waals surface area (Å²) in [6, 6.07) is 6.76. The first-order valence-corrected chi connectivity index (χ1v) is 5.85. The zero-order valence-electron chi connectivity index (χ0n) is 9.63. The van der Waals surface area contributed by atoms with Gasteiger partial charge in [-0.15, -0.1) is 0 Å². The Kier molecular flexibility index (Phi) is 3.76. The van der Waals surface area contributed by atoms with Gasteiger partial charge in [0.1, 0.15) is 0 Å². The van der Waals surface area contributed by atoms with Gasteiger partial charge in [0.15, 0.2) is 0 Å². The van der Waals surface area contributed by atoms with Crippen LogP contribution in [0, 0.1) is 5.92 Å². The van der Waals surface area contributed by atoms with Crippen molar-refractivity contribution < 1.29 is 14.6 Å². The van der Waals surface area contributed by atoms with Crippen LogP contribution in [0.4, 0.5) is 0 Å². The van der Waals surface area contributed by atoms with Crippen LogP contribution in [0.3, 0.4) is 0 Å². The van der Waals surface area contributed by atoms with Crippen LogP contribution in [0.2, 0.25) is 0 Å². The van der Waals surface area contributed by atoms with E-state index in [2.05, 4.69) is 0 Å². The molecule has 0 bridgehead atoms. The van der Waals surface area contributed by atoms with Crippen molar-refractivity contribution in [2.75, 3.05) is 13.2 Å². The predicted octanol–water partition coefficient (Wildman–Crippen LogP) is 1.81. The summed E-state index contributed by atoms with van der Waals surface area (Å²) in [6.45, 7) is 1.43. The van der Waals surface area contributed by atoms with Crippen LogP contribution in [0.5, 0.6) is 0 Å². The summed E-state index contributed by atoms with van der Waals surface area (Å²) in [4.78, 5) is 11.1. The maximum absolute atomic E-state index is 11.1. The molecule has 1 fully saturated rings. The molecule has 0 spiro atoms. The molecule has 1 aromatic carbocycles. The number of aromatic carboxylic acids is 1. The summed E-state index contributed by atoms with van der Waals surface area (Å²) < 4.78 is 5.29. The van der Waals surface area contributed by atoms with Crippen molar-refractivity contribution >= 4 is 5.97 Å². The smallest absolute Gasteiger partial charge is 0.336 e. The number of carbonyl (C=O) groups is 1. The third-order valence-corrected chi connectivity index (χ3v) is 3.32. The molecule has 1 aliphatic rings. The lowest BCUT2D eigenvalue weighted by atomic mass is 9.86. The number of benzene rings is 1. The Bertz CT molecular complexity index is 399. The second-order valence-electron chi connectivity index (χ2n) is 4.37. The standard InChI is InChI=1S/C13H17NO3/c14-12(9-5-7-17-8-6-9)10-3-1-2-4-11(10)13(15)16/h1-4,9,12H,5-8,14H2,(H,15,16). The Morgan fingerprint density at radius 2 is 2.00 bits per heavy atom. The monoisotopic (exact) mass is 235 g/mol. The van der Waals surface area contributed by atoms with Crippen LogP contribution < -0.4 is 5.73 Å². The van der Waals surface area contributed by atoms with Gasteiger partial charge in [0.05, 0.1) is 5.56 Å². The van der Waals surface area contributed by atoms with Gasteiger partial charge in [-0.3, -0.25) is 0 Å². The molecule has 1 saturated heterocycles. The largest absolute Gasteiger partial charge is 0.478 e. The maximum Gasteiger partial charge on any atom is 0.336 e. The molecule has 3 N–H and O–H groups in total. The van der Waals surface area contributed by atoms with E-state index >= 15 is 0 Å². The van der Waals surface area contributed by atoms with E-state index in [1.54, 1.807) is 12.1 Å². The van der Waals surface area contributed by atoms with E-state index in [0.29, 0.717) is 24.7 Å². The molecule has 2 rings (SSSR count). The second-order valence-corrected chi connectivity index (χ2v) is 4.37. The first kappa shape index (κ1) is 12.1. The van der Waals surface area contributed by atoms with Crippen LogP contribution in [0.1, 0.15) is 34.8 Å². The summed E-state index contributed by atoms with van der Waals surface area (Å²) in [5, 5.41) is 9.13. The third-order valence-electron chi connectivity index (χ3n) is 3.32. The number of hydrogen-bond acceptors (Lipinski definition) is 3. The molecule has 1 heterocycles. The molecule has 1 unspecified atom stereocenters. The van der Waals surface area contributed by atoms with E-state index in [4.69, 9.17) is 15.6 Å². The number of nitrogens with two attached hydrogens (primary N) is 1. The van der Waals surface area contributed by atoms with E-state index < -0.39 is 5.97 Å². The van der Waals surface area contributed by atoms with Gasteiger partial charge in [-0.2, -0.15) is 0 Å². The Morgan fingerprint density at radius 3 is 2.65 bits per heavy atom. The number of ether oxygens (including phenoxy) is 1. The number of rotatable bonds is 3. The molecule has 0 aromatic heterocycles. The highest BCUT2D eigenvalue weighted by Crippen LogP contribution is 2.29. The Hall–Kier alpha value is -1.39. The van der Waals surface area contributed by atoms with E-state index in [1.165, 1.54) is 0 Å². The van der Waals surface area contributed by atoms with Crippen LogP contribution in [-0.4, -0.2) is 24.3 Å². The highest BCUT2D eigenvalue weighted by atomic mass is 16.5. The molecule has 92 valence electrons. The molecule has 0 aliphatic carbocycles. The fourth-order valence-electron chi connectivity index (χ4n) is 2.31. The van der Waals surface area contributed by atoms with Crippen molar-refractivity contribution in [1.29, 1.82) is 0 Å². The third kappa shape index (κ3) is 2.65. The summed E-state index contributed by atoms with van der Waals surface area (Å²) in [5.41, 5.74) is 7.23. The lowest BCUT2D eigenvalue weighted by molar-refractivity contribution is 0.0578. The zero-order chi connectivity index (χ0) is 12.3. The summed E-state index contributed by atoms with van der Waals surface area (Å²) >= 11 is 0. The van der Waals surface area contributed by atoms with Crippen LogP contribution in [-0.2, 0) is 4.74 Å². The zero-order valence-corrected chi connectivity index (χ0v) is 9.63. The summed E-state index contributed by atoms with van der Waals surface area (Å²) in [6.07, 6.45) is 1.80. The molecule has 1 aliphatic heterocycles. The van der Waals surface area contributed by atoms with Gasteiger partial charge in [0.25, 0.3) is 0 Å². The SMILES string of the molecule is NC(c1ccccc1C(=O)O)C1CCOCC1. The van der Waals surface area contributed by atoms with E-state index in [9.17, 15) is 4.79 Å². The first-order chi connectivity index (χ1) is 8.20. The Labute approximate surface area is 100 Å². The van der Waals surface area contributed by atoms with E-state index in [-0.39, 0.29) is 6.04 Å². The van der Waals surface area contributed by atoms with Gasteiger partial charge in [-0.25, -0.2) is 4.79 Å². The van der Waals surface area contributed by atoms with Crippen molar-refractivity contribution in [2.24, 2.45) is 11.7 Å². The van der Waals surface area contributed by atoms with Crippen LogP contribution >= 0.6 is 0 Å². The van der Waals surface area contributed by atoms with Gasteiger partial charge in [-0.05, 0) is 30.4 Å². The highest BCUT2D eigenvalue weighted by molar-refractivity contribution is 5.89. The summed E-state index contributed by atoms with van der Waals surface area (Å²) in [5.74, 6) is -0.604. The molecule has 17 heavy (non-hydrogen) atoms. The minimum atomic E-state index is -0.914. The first-order valence-electron chi connectivity index (χ1n) is 5.85. The number of hydrogen-bond donors (Lipinski definition) is 2. The summed E-state index contributed by atoms with van der Waals surface area (Å²) in [7, 11) is 0. The lowest BCUT2D eigenvalue weighted by Gasteiger charge is -2.28. The van der Waals surface area contributed by atoms with Crippen molar-refractivity contribution in [3.63, 3.8) is 0 Å². The molecule has 1 atom stereocenters. The Morgan fingerprint density at radius 1 is 1.35 bits per heavy atom. The molecule has 0 radical (unpaired) electrons. The van der Waals surface area contributed by atoms with Gasteiger partial charge in [0, 0.05) is 19.3 Å². The average Bonchev–Trinajstić information content (AvgIpc) is 2.39. The number of carboxylic acid groups (broad SMARTS) is 1. The molecule has 4 heteroatoms. The maximum atomic E-state index is 11.1. The molecule has 0 saturated carbocycles. The quantitative estimate of drug-likeness (QED) is 0.838. The molecular formula is C13H17NO3. The molecule has 0 amide bonds. The number of carboxylic acids is 1. The van der Waals surface area contributed by atoms with Crippen molar-refractivity contribution in [3.8, 4) is 0 Å². The van der Waals surface area contributed by atoms with Gasteiger partial charge in [0.2, 0.25) is 0 Å². The average molecular weight is 235 g/mol. The second kappa shape index (κ2) is 5.29. The predicted molar refractivity (Wildman–Crippen MR) is 63.9 cm³/mol. The van der Waals surface area contributed by atoms with Gasteiger partial charge in [-0.1, -0.05) is 18.2 Å². The highest BCUT2D eigenvalue weighted by Gasteiger charge is 2.25. The van der Waals surface area contributed by atoms with E-state index in [0.717, 1.165) is 18.4 Å². The molecule has 1 aromatic rings. The van der Waals surface area contributed by atoms with Crippen LogP contribution in [0.15, 0.2) is 24.3 Å². The Balaban J connectivity index is 2.23.